The highest BCUT2D eigenvalue weighted by Gasteiger charge is 2.33. The van der Waals surface area contributed by atoms with Crippen LogP contribution in [0.2, 0.25) is 0 Å². The molecular formula is C21H18N2O7S. The summed E-state index contributed by atoms with van der Waals surface area (Å²) >= 11 is 0. The normalized spacial score (nSPS) is 11.1. The molecule has 0 aliphatic carbocycles. The van der Waals surface area contributed by atoms with Gasteiger partial charge in [0.2, 0.25) is 9.84 Å². The first-order chi connectivity index (χ1) is 14.7. The summed E-state index contributed by atoms with van der Waals surface area (Å²) in [5.41, 5.74) is 4.53. The van der Waals surface area contributed by atoms with Crippen molar-refractivity contribution in [2.45, 2.75) is 16.2 Å². The first-order valence-corrected chi connectivity index (χ1v) is 10.4. The number of ether oxygens (including phenoxy) is 1. The number of methoxy groups -OCH3 is 1. The predicted octanol–water partition coefficient (Wildman–Crippen LogP) is 3.31. The Hall–Kier alpha value is -3.92. The third kappa shape index (κ3) is 4.19. The van der Waals surface area contributed by atoms with Gasteiger partial charge < -0.3 is 15.6 Å². The van der Waals surface area contributed by atoms with E-state index in [4.69, 9.17) is 10.5 Å². The molecule has 0 unspecified atom stereocenters. The number of nitrogens with zero attached hydrogens (tertiary/aromatic N) is 1. The van der Waals surface area contributed by atoms with Gasteiger partial charge in [-0.3, -0.25) is 10.1 Å². The van der Waals surface area contributed by atoms with E-state index in [2.05, 4.69) is 0 Å². The van der Waals surface area contributed by atoms with Crippen molar-refractivity contribution in [3.05, 3.63) is 87.5 Å². The first kappa shape index (κ1) is 21.8. The Labute approximate surface area is 177 Å². The molecule has 10 heteroatoms. The van der Waals surface area contributed by atoms with Gasteiger partial charge in [-0.15, -0.1) is 0 Å². The molecule has 0 aliphatic rings. The summed E-state index contributed by atoms with van der Waals surface area (Å²) in [5.74, 6) is -1.09. The number of anilines is 1. The van der Waals surface area contributed by atoms with Gasteiger partial charge in [-0.1, -0.05) is 30.3 Å². The molecule has 0 saturated heterocycles. The van der Waals surface area contributed by atoms with Crippen molar-refractivity contribution in [1.29, 1.82) is 0 Å². The van der Waals surface area contributed by atoms with E-state index >= 15 is 0 Å². The summed E-state index contributed by atoms with van der Waals surface area (Å²) in [7, 11) is -2.93. The van der Waals surface area contributed by atoms with Crippen LogP contribution in [0.15, 0.2) is 70.5 Å². The zero-order valence-electron chi connectivity index (χ0n) is 16.3. The molecule has 0 spiro atoms. The molecule has 0 radical (unpaired) electrons. The number of sulfone groups is 1. The lowest BCUT2D eigenvalue weighted by atomic mass is 9.97. The van der Waals surface area contributed by atoms with Crippen LogP contribution in [0.3, 0.4) is 0 Å². The Morgan fingerprint density at radius 1 is 1.13 bits per heavy atom. The smallest absolute Gasteiger partial charge is 0.336 e. The minimum atomic E-state index is -4.34. The third-order valence-electron chi connectivity index (χ3n) is 4.70. The number of rotatable bonds is 7. The highest BCUT2D eigenvalue weighted by atomic mass is 32.2. The maximum absolute atomic E-state index is 13.1. The van der Waals surface area contributed by atoms with Crippen LogP contribution in [0.4, 0.5) is 11.4 Å². The summed E-state index contributed by atoms with van der Waals surface area (Å²) in [4.78, 5) is 22.0. The van der Waals surface area contributed by atoms with E-state index in [1.807, 2.05) is 0 Å². The summed E-state index contributed by atoms with van der Waals surface area (Å²) in [6.07, 6.45) is -0.105. The predicted molar refractivity (Wildman–Crippen MR) is 112 cm³/mol. The Morgan fingerprint density at radius 2 is 1.74 bits per heavy atom. The van der Waals surface area contributed by atoms with Gasteiger partial charge in [0.25, 0.3) is 5.69 Å². The van der Waals surface area contributed by atoms with Gasteiger partial charge in [-0.05, 0) is 35.9 Å². The van der Waals surface area contributed by atoms with Crippen LogP contribution in [-0.4, -0.2) is 31.5 Å². The number of aromatic carboxylic acids is 1. The molecule has 31 heavy (non-hydrogen) atoms. The van der Waals surface area contributed by atoms with Crippen molar-refractivity contribution in [3.8, 4) is 5.75 Å². The number of nitro groups is 1. The van der Waals surface area contributed by atoms with Gasteiger partial charge in [-0.2, -0.15) is 0 Å². The van der Waals surface area contributed by atoms with Crippen molar-refractivity contribution in [1.82, 2.24) is 0 Å². The number of hydrogen-bond donors (Lipinski definition) is 2. The van der Waals surface area contributed by atoms with Gasteiger partial charge in [0.15, 0.2) is 0 Å². The standard InChI is InChI=1S/C21H18N2O7S/c1-30-14-7-9-15(10-8-14)31(28,29)18-12-17(21(24)25)16(20(19(18)22)23(26)27)11-13-5-3-2-4-6-13/h2-10,12H,11,22H2,1H3,(H,24,25). The molecule has 0 atom stereocenters. The second-order valence-electron chi connectivity index (χ2n) is 6.57. The van der Waals surface area contributed by atoms with E-state index < -0.39 is 42.6 Å². The van der Waals surface area contributed by atoms with Crippen molar-refractivity contribution in [2.24, 2.45) is 0 Å². The lowest BCUT2D eigenvalue weighted by Crippen LogP contribution is -2.14. The molecular weight excluding hydrogens is 424 g/mol. The van der Waals surface area contributed by atoms with Crippen molar-refractivity contribution in [3.63, 3.8) is 0 Å². The van der Waals surface area contributed by atoms with E-state index in [1.54, 1.807) is 30.3 Å². The van der Waals surface area contributed by atoms with E-state index in [0.29, 0.717) is 11.3 Å². The van der Waals surface area contributed by atoms with E-state index in [-0.39, 0.29) is 16.9 Å². The second kappa shape index (κ2) is 8.44. The van der Waals surface area contributed by atoms with Crippen LogP contribution >= 0.6 is 0 Å². The largest absolute Gasteiger partial charge is 0.497 e. The quantitative estimate of drug-likeness (QED) is 0.321. The highest BCUT2D eigenvalue weighted by molar-refractivity contribution is 7.91. The maximum atomic E-state index is 13.1. The molecule has 3 N–H and O–H groups in total. The molecule has 0 aromatic heterocycles. The van der Waals surface area contributed by atoms with Crippen LogP contribution in [-0.2, 0) is 16.3 Å². The fraction of sp³-hybridized carbons (Fsp3) is 0.0952. The summed E-state index contributed by atoms with van der Waals surface area (Å²) < 4.78 is 31.3. The summed E-state index contributed by atoms with van der Waals surface area (Å²) in [5, 5.41) is 21.5. The molecule has 0 amide bonds. The average Bonchev–Trinajstić information content (AvgIpc) is 2.74. The lowest BCUT2D eigenvalue weighted by Gasteiger charge is -2.14. The fourth-order valence-electron chi connectivity index (χ4n) is 3.19. The monoisotopic (exact) mass is 442 g/mol. The van der Waals surface area contributed by atoms with E-state index in [1.165, 1.54) is 31.4 Å². The zero-order valence-corrected chi connectivity index (χ0v) is 17.1. The molecule has 3 aromatic carbocycles. The molecule has 3 aromatic rings. The molecule has 9 nitrogen and oxygen atoms in total. The SMILES string of the molecule is COc1ccc(S(=O)(=O)c2cc(C(=O)O)c(Cc3ccccc3)c([N+](=O)[O-])c2N)cc1. The Morgan fingerprint density at radius 3 is 2.26 bits per heavy atom. The first-order valence-electron chi connectivity index (χ1n) is 8.93. The highest BCUT2D eigenvalue weighted by Crippen LogP contribution is 2.39. The van der Waals surface area contributed by atoms with Gasteiger partial charge in [-0.25, -0.2) is 13.2 Å². The number of carboxylic acid groups (broad SMARTS) is 1. The van der Waals surface area contributed by atoms with Crippen LogP contribution in [0.1, 0.15) is 21.5 Å². The number of nitro benzene ring substituents is 1. The number of hydrogen-bond acceptors (Lipinski definition) is 7. The fourth-order valence-corrected chi connectivity index (χ4v) is 4.59. The van der Waals surface area contributed by atoms with Crippen molar-refractivity contribution >= 4 is 27.2 Å². The second-order valence-corrected chi connectivity index (χ2v) is 8.48. The Balaban J connectivity index is 2.27. The van der Waals surface area contributed by atoms with Crippen LogP contribution in [0.5, 0.6) is 5.75 Å². The summed E-state index contributed by atoms with van der Waals surface area (Å²) in [6.45, 7) is 0. The van der Waals surface area contributed by atoms with Crippen molar-refractivity contribution < 1.29 is 28.0 Å². The molecule has 0 bridgehead atoms. The van der Waals surface area contributed by atoms with Crippen molar-refractivity contribution in [2.75, 3.05) is 12.8 Å². The van der Waals surface area contributed by atoms with Gasteiger partial charge in [0.1, 0.15) is 16.3 Å². The summed E-state index contributed by atoms with van der Waals surface area (Å²) in [6, 6.07) is 14.7. The molecule has 160 valence electrons. The van der Waals surface area contributed by atoms with Gasteiger partial charge >= 0.3 is 5.97 Å². The minimum Gasteiger partial charge on any atom is -0.497 e. The molecule has 0 fully saturated rings. The Bertz CT molecular complexity index is 1260. The van der Waals surface area contributed by atoms with E-state index in [9.17, 15) is 28.4 Å². The molecule has 3 rings (SSSR count). The van der Waals surface area contributed by atoms with Crippen LogP contribution in [0, 0.1) is 10.1 Å². The number of carbonyl (C=O) groups is 1. The van der Waals surface area contributed by atoms with Gasteiger partial charge in [0.05, 0.1) is 28.1 Å². The lowest BCUT2D eigenvalue weighted by molar-refractivity contribution is -0.384. The minimum absolute atomic E-state index is 0.105. The molecule has 0 aliphatic heterocycles. The average molecular weight is 442 g/mol. The van der Waals surface area contributed by atoms with Crippen LogP contribution < -0.4 is 10.5 Å². The molecule has 0 heterocycles. The number of nitrogen functional groups attached to an aromatic ring is 1. The van der Waals surface area contributed by atoms with Gasteiger partial charge in [0, 0.05) is 6.42 Å². The van der Waals surface area contributed by atoms with Crippen LogP contribution in [0.25, 0.3) is 0 Å². The Kier molecular flexibility index (Phi) is 5.93. The number of nitrogens with two attached hydrogens (primary N) is 1. The zero-order chi connectivity index (χ0) is 22.8. The number of carboxylic acids is 1. The third-order valence-corrected chi connectivity index (χ3v) is 6.51. The topological polar surface area (TPSA) is 150 Å². The molecule has 0 saturated carbocycles. The number of benzene rings is 3. The maximum Gasteiger partial charge on any atom is 0.336 e. The van der Waals surface area contributed by atoms with E-state index in [0.717, 1.165) is 6.07 Å².